The van der Waals surface area contributed by atoms with E-state index in [2.05, 4.69) is 4.98 Å². The summed E-state index contributed by atoms with van der Waals surface area (Å²) >= 11 is 0. The summed E-state index contributed by atoms with van der Waals surface area (Å²) in [5, 5.41) is 0. The predicted octanol–water partition coefficient (Wildman–Crippen LogP) is 1.47. The summed E-state index contributed by atoms with van der Waals surface area (Å²) in [5.74, 6) is 0.168. The first-order valence-corrected chi connectivity index (χ1v) is 4.17. The number of imidazole rings is 1. The number of ketones is 1. The van der Waals surface area contributed by atoms with Crippen molar-refractivity contribution in [2.24, 2.45) is 0 Å². The number of hydrogen-bond acceptors (Lipinski definition) is 2. The normalized spacial score (nSPS) is 10.5. The molecule has 0 N–H and O–H groups in total. The largest absolute Gasteiger partial charge is 0.303 e. The lowest BCUT2D eigenvalue weighted by Gasteiger charge is -2.01. The first-order valence-electron chi connectivity index (χ1n) is 4.17. The highest BCUT2D eigenvalue weighted by Gasteiger charge is 2.01. The highest BCUT2D eigenvalue weighted by atomic mass is 16.1. The fourth-order valence-electron chi connectivity index (χ4n) is 1.41. The Kier molecular flexibility index (Phi) is 1.85. The van der Waals surface area contributed by atoms with E-state index in [0.717, 1.165) is 11.2 Å². The van der Waals surface area contributed by atoms with Gasteiger partial charge < -0.3 is 4.40 Å². The molecule has 0 spiro atoms. The molecule has 13 heavy (non-hydrogen) atoms. The lowest BCUT2D eigenvalue weighted by atomic mass is 10.2. The zero-order valence-corrected chi connectivity index (χ0v) is 7.40. The predicted molar refractivity (Wildman–Crippen MR) is 49.6 cm³/mol. The minimum Gasteiger partial charge on any atom is -0.303 e. The molecule has 0 aliphatic carbocycles. The molecule has 0 saturated heterocycles. The van der Waals surface area contributed by atoms with Gasteiger partial charge in [0, 0.05) is 12.1 Å². The van der Waals surface area contributed by atoms with Crippen molar-refractivity contribution in [1.82, 2.24) is 9.38 Å². The SMILES string of the molecule is CC(=O)Cc1cccc2cncn12. The molecule has 2 aromatic heterocycles. The smallest absolute Gasteiger partial charge is 0.135 e. The average molecular weight is 174 g/mol. The summed E-state index contributed by atoms with van der Waals surface area (Å²) in [5.41, 5.74) is 2.02. The van der Waals surface area contributed by atoms with E-state index in [-0.39, 0.29) is 5.78 Å². The van der Waals surface area contributed by atoms with Crippen molar-refractivity contribution in [3.63, 3.8) is 0 Å². The fraction of sp³-hybridized carbons (Fsp3) is 0.200. The van der Waals surface area contributed by atoms with E-state index in [0.29, 0.717) is 6.42 Å². The maximum atomic E-state index is 10.9. The van der Waals surface area contributed by atoms with Crippen LogP contribution < -0.4 is 0 Å². The van der Waals surface area contributed by atoms with Gasteiger partial charge in [-0.1, -0.05) is 6.07 Å². The zero-order chi connectivity index (χ0) is 9.26. The van der Waals surface area contributed by atoms with Crippen LogP contribution in [0.2, 0.25) is 0 Å². The molecule has 0 aliphatic heterocycles. The summed E-state index contributed by atoms with van der Waals surface area (Å²) in [6.07, 6.45) is 3.98. The van der Waals surface area contributed by atoms with E-state index in [1.54, 1.807) is 19.4 Å². The number of Topliss-reactive ketones (excluding diaryl/α,β-unsaturated/α-hetero) is 1. The van der Waals surface area contributed by atoms with E-state index in [1.807, 2.05) is 22.6 Å². The Balaban J connectivity index is 2.54. The van der Waals surface area contributed by atoms with E-state index >= 15 is 0 Å². The number of carbonyl (C=O) groups is 1. The Morgan fingerprint density at radius 1 is 1.54 bits per heavy atom. The number of pyridine rings is 1. The summed E-state index contributed by atoms with van der Waals surface area (Å²) in [6, 6.07) is 5.85. The van der Waals surface area contributed by atoms with E-state index in [9.17, 15) is 4.79 Å². The van der Waals surface area contributed by atoms with Crippen molar-refractivity contribution in [2.45, 2.75) is 13.3 Å². The summed E-state index contributed by atoms with van der Waals surface area (Å²) < 4.78 is 1.93. The molecule has 3 nitrogen and oxygen atoms in total. The molecule has 0 amide bonds. The molecule has 66 valence electrons. The maximum absolute atomic E-state index is 10.9. The number of carbonyl (C=O) groups excluding carboxylic acids is 1. The van der Waals surface area contributed by atoms with Gasteiger partial charge in [0.05, 0.1) is 18.0 Å². The molecule has 0 atom stereocenters. The van der Waals surface area contributed by atoms with E-state index in [1.165, 1.54) is 0 Å². The van der Waals surface area contributed by atoms with E-state index in [4.69, 9.17) is 0 Å². The van der Waals surface area contributed by atoms with Gasteiger partial charge in [-0.2, -0.15) is 0 Å². The minimum atomic E-state index is 0.168. The Labute approximate surface area is 76.0 Å². The molecule has 2 rings (SSSR count). The van der Waals surface area contributed by atoms with Gasteiger partial charge in [-0.05, 0) is 19.1 Å². The van der Waals surface area contributed by atoms with Crippen LogP contribution in [0.1, 0.15) is 12.6 Å². The number of hydrogen-bond donors (Lipinski definition) is 0. The molecule has 2 heterocycles. The summed E-state index contributed by atoms with van der Waals surface area (Å²) in [4.78, 5) is 15.0. The molecule has 0 unspecified atom stereocenters. The van der Waals surface area contributed by atoms with Crippen molar-refractivity contribution in [2.75, 3.05) is 0 Å². The maximum Gasteiger partial charge on any atom is 0.135 e. The van der Waals surface area contributed by atoms with Gasteiger partial charge in [0.25, 0.3) is 0 Å². The van der Waals surface area contributed by atoms with Crippen LogP contribution in [-0.4, -0.2) is 15.2 Å². The Morgan fingerprint density at radius 2 is 2.38 bits per heavy atom. The Morgan fingerprint density at radius 3 is 3.15 bits per heavy atom. The van der Waals surface area contributed by atoms with Crippen LogP contribution in [0.25, 0.3) is 5.52 Å². The molecular formula is C10H10N2O. The van der Waals surface area contributed by atoms with Crippen LogP contribution in [0, 0.1) is 0 Å². The average Bonchev–Trinajstić information content (AvgIpc) is 2.51. The van der Waals surface area contributed by atoms with Crippen LogP contribution in [0.4, 0.5) is 0 Å². The van der Waals surface area contributed by atoms with Gasteiger partial charge in [-0.15, -0.1) is 0 Å². The third kappa shape index (κ3) is 1.45. The standard InChI is InChI=1S/C10H10N2O/c1-8(13)5-9-3-2-4-10-6-11-7-12(9)10/h2-4,6-7H,5H2,1H3. The highest BCUT2D eigenvalue weighted by molar-refractivity contribution is 5.78. The van der Waals surface area contributed by atoms with Gasteiger partial charge in [0.2, 0.25) is 0 Å². The fourth-order valence-corrected chi connectivity index (χ4v) is 1.41. The van der Waals surface area contributed by atoms with Crippen molar-refractivity contribution >= 4 is 11.3 Å². The zero-order valence-electron chi connectivity index (χ0n) is 7.40. The van der Waals surface area contributed by atoms with Crippen molar-refractivity contribution < 1.29 is 4.79 Å². The third-order valence-electron chi connectivity index (χ3n) is 1.96. The quantitative estimate of drug-likeness (QED) is 0.690. The molecule has 0 radical (unpaired) electrons. The van der Waals surface area contributed by atoms with Gasteiger partial charge >= 0.3 is 0 Å². The highest BCUT2D eigenvalue weighted by Crippen LogP contribution is 2.07. The summed E-state index contributed by atoms with van der Waals surface area (Å²) in [7, 11) is 0. The lowest BCUT2D eigenvalue weighted by molar-refractivity contribution is -0.116. The number of aromatic nitrogens is 2. The van der Waals surface area contributed by atoms with Crippen LogP contribution in [0.5, 0.6) is 0 Å². The Bertz CT molecular complexity index is 445. The first kappa shape index (κ1) is 7.98. The molecule has 0 aliphatic rings. The third-order valence-corrected chi connectivity index (χ3v) is 1.96. The number of fused-ring (bicyclic) bond motifs is 1. The first-order chi connectivity index (χ1) is 6.27. The van der Waals surface area contributed by atoms with Crippen LogP contribution in [0.15, 0.2) is 30.7 Å². The van der Waals surface area contributed by atoms with Crippen LogP contribution in [0.3, 0.4) is 0 Å². The second-order valence-electron chi connectivity index (χ2n) is 3.08. The topological polar surface area (TPSA) is 34.4 Å². The van der Waals surface area contributed by atoms with Crippen molar-refractivity contribution in [3.05, 3.63) is 36.4 Å². The molecule has 0 bridgehead atoms. The van der Waals surface area contributed by atoms with Crippen molar-refractivity contribution in [1.29, 1.82) is 0 Å². The van der Waals surface area contributed by atoms with Gasteiger partial charge in [0.1, 0.15) is 5.78 Å². The second-order valence-corrected chi connectivity index (χ2v) is 3.08. The van der Waals surface area contributed by atoms with E-state index < -0.39 is 0 Å². The molecule has 3 heteroatoms. The number of rotatable bonds is 2. The molecule has 0 fully saturated rings. The monoisotopic (exact) mass is 174 g/mol. The minimum absolute atomic E-state index is 0.168. The molecule has 0 aromatic carbocycles. The van der Waals surface area contributed by atoms with Crippen LogP contribution >= 0.6 is 0 Å². The Hall–Kier alpha value is -1.64. The van der Waals surface area contributed by atoms with Crippen molar-refractivity contribution in [3.8, 4) is 0 Å². The molecular weight excluding hydrogens is 164 g/mol. The second kappa shape index (κ2) is 3.01. The molecule has 2 aromatic rings. The summed E-state index contributed by atoms with van der Waals surface area (Å²) in [6.45, 7) is 1.59. The number of nitrogens with zero attached hydrogens (tertiary/aromatic N) is 2. The van der Waals surface area contributed by atoms with Crippen LogP contribution in [-0.2, 0) is 11.2 Å². The lowest BCUT2D eigenvalue weighted by Crippen LogP contribution is -2.01. The van der Waals surface area contributed by atoms with Gasteiger partial charge in [0.15, 0.2) is 0 Å². The molecule has 0 saturated carbocycles. The van der Waals surface area contributed by atoms with Gasteiger partial charge in [-0.25, -0.2) is 4.98 Å². The van der Waals surface area contributed by atoms with Gasteiger partial charge in [-0.3, -0.25) is 4.79 Å².